The number of aromatic nitrogens is 3. The number of carbonyl (C=O) groups is 2. The van der Waals surface area contributed by atoms with Gasteiger partial charge in [-0.15, -0.1) is 0 Å². The molecule has 0 bridgehead atoms. The Hall–Kier alpha value is -3.68. The lowest BCUT2D eigenvalue weighted by Gasteiger charge is -2.02. The molecule has 0 atom stereocenters. The lowest BCUT2D eigenvalue weighted by molar-refractivity contribution is -0.112. The Morgan fingerprint density at radius 1 is 1.24 bits per heavy atom. The first-order valence-electron chi connectivity index (χ1n) is 7.39. The summed E-state index contributed by atoms with van der Waals surface area (Å²) in [6.45, 7) is 0.575. The van der Waals surface area contributed by atoms with E-state index < -0.39 is 11.7 Å². The molecule has 0 saturated heterocycles. The summed E-state index contributed by atoms with van der Waals surface area (Å²) in [4.78, 5) is 27.5. The monoisotopic (exact) mass is 337 g/mol. The minimum Gasteiger partial charge on any atom is -0.440 e. The van der Waals surface area contributed by atoms with E-state index in [-0.39, 0.29) is 11.5 Å². The van der Waals surface area contributed by atoms with Gasteiger partial charge in [0.05, 0.1) is 24.6 Å². The van der Waals surface area contributed by atoms with Crippen LogP contribution in [0.15, 0.2) is 71.5 Å². The van der Waals surface area contributed by atoms with E-state index in [0.29, 0.717) is 12.2 Å². The summed E-state index contributed by atoms with van der Waals surface area (Å²) < 4.78 is 6.53. The molecular weight excluding hydrogens is 322 g/mol. The fourth-order valence-corrected chi connectivity index (χ4v) is 2.10. The highest BCUT2D eigenvalue weighted by Gasteiger charge is 2.12. The standard InChI is InChI=1S/C17H15N5O3/c18-14(6-15(23)16-8-19-11-25-16)17(24)21-13-7-20-22(10-13)9-12-4-2-1-3-5-12/h1-8,10-11H,9,18H2,(H,21,24). The molecule has 2 aromatic heterocycles. The average Bonchev–Trinajstić information content (AvgIpc) is 3.28. The van der Waals surface area contributed by atoms with Gasteiger partial charge in [-0.1, -0.05) is 30.3 Å². The maximum atomic E-state index is 12.0. The van der Waals surface area contributed by atoms with Gasteiger partial charge in [-0.05, 0) is 5.56 Å². The number of ketones is 1. The average molecular weight is 337 g/mol. The second-order valence-corrected chi connectivity index (χ2v) is 5.20. The maximum Gasteiger partial charge on any atom is 0.271 e. The zero-order valence-electron chi connectivity index (χ0n) is 13.1. The third-order valence-electron chi connectivity index (χ3n) is 3.30. The molecule has 0 fully saturated rings. The Balaban J connectivity index is 1.62. The first kappa shape index (κ1) is 16.2. The molecule has 3 N–H and O–H groups in total. The van der Waals surface area contributed by atoms with Gasteiger partial charge in [-0.3, -0.25) is 14.3 Å². The molecule has 1 aromatic carbocycles. The molecule has 8 heteroatoms. The second kappa shape index (κ2) is 7.26. The number of hydrogen-bond acceptors (Lipinski definition) is 6. The highest BCUT2D eigenvalue weighted by Crippen LogP contribution is 2.09. The largest absolute Gasteiger partial charge is 0.440 e. The highest BCUT2D eigenvalue weighted by molar-refractivity contribution is 6.10. The molecule has 0 aliphatic carbocycles. The van der Waals surface area contributed by atoms with Gasteiger partial charge in [0.1, 0.15) is 5.70 Å². The van der Waals surface area contributed by atoms with Crippen molar-refractivity contribution in [1.29, 1.82) is 0 Å². The quantitative estimate of drug-likeness (QED) is 0.521. The molecule has 3 aromatic rings. The van der Waals surface area contributed by atoms with E-state index in [9.17, 15) is 9.59 Å². The van der Waals surface area contributed by atoms with Gasteiger partial charge in [-0.25, -0.2) is 4.98 Å². The SMILES string of the molecule is NC(=CC(=O)c1cnco1)C(=O)Nc1cnn(Cc2ccccc2)c1. The summed E-state index contributed by atoms with van der Waals surface area (Å²) in [6, 6.07) is 9.79. The van der Waals surface area contributed by atoms with Crippen LogP contribution in [0.4, 0.5) is 5.69 Å². The van der Waals surface area contributed by atoms with Crippen molar-refractivity contribution in [3.8, 4) is 0 Å². The van der Waals surface area contributed by atoms with Gasteiger partial charge in [-0.2, -0.15) is 5.10 Å². The zero-order valence-corrected chi connectivity index (χ0v) is 13.1. The molecule has 126 valence electrons. The number of amides is 1. The Bertz CT molecular complexity index is 898. The number of nitrogens with zero attached hydrogens (tertiary/aromatic N) is 3. The molecule has 8 nitrogen and oxygen atoms in total. The summed E-state index contributed by atoms with van der Waals surface area (Å²) in [5.74, 6) is -1.14. The summed E-state index contributed by atoms with van der Waals surface area (Å²) in [5, 5.41) is 6.76. The number of nitrogens with one attached hydrogen (secondary N) is 1. The zero-order chi connectivity index (χ0) is 17.6. The van der Waals surface area contributed by atoms with E-state index in [0.717, 1.165) is 18.0 Å². The van der Waals surface area contributed by atoms with E-state index in [1.807, 2.05) is 30.3 Å². The summed E-state index contributed by atoms with van der Waals surface area (Å²) in [5.41, 5.74) is 6.96. The number of nitrogens with two attached hydrogens (primary N) is 1. The normalized spacial score (nSPS) is 11.3. The van der Waals surface area contributed by atoms with Crippen LogP contribution in [0.25, 0.3) is 0 Å². The highest BCUT2D eigenvalue weighted by atomic mass is 16.3. The van der Waals surface area contributed by atoms with Crippen LogP contribution in [-0.4, -0.2) is 26.5 Å². The predicted octanol–water partition coefficient (Wildman–Crippen LogP) is 1.58. The van der Waals surface area contributed by atoms with Gasteiger partial charge in [0.25, 0.3) is 5.91 Å². The van der Waals surface area contributed by atoms with Crippen molar-refractivity contribution in [2.45, 2.75) is 6.54 Å². The van der Waals surface area contributed by atoms with Gasteiger partial charge in [0.2, 0.25) is 5.78 Å². The van der Waals surface area contributed by atoms with Crippen LogP contribution >= 0.6 is 0 Å². The summed E-state index contributed by atoms with van der Waals surface area (Å²) >= 11 is 0. The molecule has 0 unspecified atom stereocenters. The van der Waals surface area contributed by atoms with E-state index >= 15 is 0 Å². The first-order valence-corrected chi connectivity index (χ1v) is 7.39. The fourth-order valence-electron chi connectivity index (χ4n) is 2.10. The van der Waals surface area contributed by atoms with Gasteiger partial charge >= 0.3 is 0 Å². The number of rotatable bonds is 6. The van der Waals surface area contributed by atoms with Crippen LogP contribution in [0.5, 0.6) is 0 Å². The molecule has 0 aliphatic rings. The van der Waals surface area contributed by atoms with Crippen LogP contribution in [0.3, 0.4) is 0 Å². The summed E-state index contributed by atoms with van der Waals surface area (Å²) in [7, 11) is 0. The predicted molar refractivity (Wildman–Crippen MR) is 89.5 cm³/mol. The van der Waals surface area contributed by atoms with Crippen LogP contribution in [-0.2, 0) is 11.3 Å². The summed E-state index contributed by atoms with van der Waals surface area (Å²) in [6.07, 6.45) is 6.54. The molecule has 0 spiro atoms. The molecule has 2 heterocycles. The van der Waals surface area contributed by atoms with Crippen molar-refractivity contribution >= 4 is 17.4 Å². The van der Waals surface area contributed by atoms with Gasteiger partial charge < -0.3 is 15.5 Å². The number of benzene rings is 1. The van der Waals surface area contributed by atoms with E-state index in [1.165, 1.54) is 12.4 Å². The van der Waals surface area contributed by atoms with Crippen molar-refractivity contribution in [1.82, 2.24) is 14.8 Å². The van der Waals surface area contributed by atoms with Gasteiger partial charge in [0, 0.05) is 12.3 Å². The Kier molecular flexibility index (Phi) is 4.70. The maximum absolute atomic E-state index is 12.0. The minimum atomic E-state index is -0.605. The third-order valence-corrected chi connectivity index (χ3v) is 3.30. The molecular formula is C17H15N5O3. The van der Waals surface area contributed by atoms with E-state index in [4.69, 9.17) is 10.2 Å². The van der Waals surface area contributed by atoms with Gasteiger partial charge in [0.15, 0.2) is 12.2 Å². The molecule has 1 amide bonds. The smallest absolute Gasteiger partial charge is 0.271 e. The van der Waals surface area contributed by atoms with Crippen LogP contribution in [0, 0.1) is 0 Å². The third kappa shape index (κ3) is 4.20. The van der Waals surface area contributed by atoms with Crippen molar-refractivity contribution in [2.75, 3.05) is 5.32 Å². The van der Waals surface area contributed by atoms with Crippen molar-refractivity contribution < 1.29 is 14.0 Å². The fraction of sp³-hybridized carbons (Fsp3) is 0.0588. The molecule has 3 rings (SSSR count). The molecule has 25 heavy (non-hydrogen) atoms. The van der Waals surface area contributed by atoms with Crippen molar-refractivity contribution in [3.63, 3.8) is 0 Å². The second-order valence-electron chi connectivity index (χ2n) is 5.20. The lowest BCUT2D eigenvalue weighted by Crippen LogP contribution is -2.21. The number of oxazole rings is 1. The van der Waals surface area contributed by atoms with E-state index in [2.05, 4.69) is 15.4 Å². The molecule has 0 aliphatic heterocycles. The topological polar surface area (TPSA) is 116 Å². The van der Waals surface area contributed by atoms with Crippen LogP contribution < -0.4 is 11.1 Å². The number of hydrogen-bond donors (Lipinski definition) is 2. The Morgan fingerprint density at radius 3 is 2.76 bits per heavy atom. The molecule has 0 radical (unpaired) electrons. The number of carbonyl (C=O) groups excluding carboxylic acids is 2. The van der Waals surface area contributed by atoms with E-state index in [1.54, 1.807) is 10.9 Å². The molecule has 0 saturated carbocycles. The van der Waals surface area contributed by atoms with Crippen LogP contribution in [0.1, 0.15) is 16.1 Å². The first-order chi connectivity index (χ1) is 12.1. The number of allylic oxidation sites excluding steroid dienone is 1. The Labute approximate surface area is 143 Å². The minimum absolute atomic E-state index is 0.00595. The van der Waals surface area contributed by atoms with Crippen LogP contribution in [0.2, 0.25) is 0 Å². The number of anilines is 1. The lowest BCUT2D eigenvalue weighted by atomic mass is 10.2. The van der Waals surface area contributed by atoms with Crippen molar-refractivity contribution in [3.05, 3.63) is 78.4 Å². The Morgan fingerprint density at radius 2 is 2.04 bits per heavy atom. The van der Waals surface area contributed by atoms with Crippen molar-refractivity contribution in [2.24, 2.45) is 5.73 Å².